The van der Waals surface area contributed by atoms with E-state index in [1.165, 1.54) is 37.4 Å². The fourth-order valence-electron chi connectivity index (χ4n) is 5.01. The predicted molar refractivity (Wildman–Crippen MR) is 106 cm³/mol. The number of para-hydroxylation sites is 1. The van der Waals surface area contributed by atoms with E-state index >= 15 is 0 Å². The topological polar surface area (TPSA) is 83.6 Å². The van der Waals surface area contributed by atoms with E-state index in [-0.39, 0.29) is 11.9 Å². The second kappa shape index (κ2) is 6.78. The summed E-state index contributed by atoms with van der Waals surface area (Å²) in [7, 11) is 0. The van der Waals surface area contributed by atoms with Crippen LogP contribution >= 0.6 is 11.8 Å². The molecule has 1 aromatic carbocycles. The number of carbonyl (C=O) groups is 1. The van der Waals surface area contributed by atoms with Crippen LogP contribution < -0.4 is 5.32 Å². The van der Waals surface area contributed by atoms with Gasteiger partial charge in [-0.1, -0.05) is 36.4 Å². The molecule has 2 aromatic heterocycles. The molecule has 140 valence electrons. The molecular formula is C20H23N5OS. The van der Waals surface area contributed by atoms with Gasteiger partial charge in [0.1, 0.15) is 5.52 Å². The average Bonchev–Trinajstić information content (AvgIpc) is 3.39. The van der Waals surface area contributed by atoms with Gasteiger partial charge in [-0.25, -0.2) is 4.98 Å². The maximum absolute atomic E-state index is 12.4. The molecule has 0 radical (unpaired) electrons. The second-order valence-electron chi connectivity index (χ2n) is 7.95. The van der Waals surface area contributed by atoms with Gasteiger partial charge in [-0.15, -0.1) is 10.2 Å². The number of hydrogen-bond acceptors (Lipinski definition) is 5. The van der Waals surface area contributed by atoms with Crippen molar-refractivity contribution in [1.82, 2.24) is 25.5 Å². The lowest BCUT2D eigenvalue weighted by molar-refractivity contribution is -0.119. The Balaban J connectivity index is 1.21. The zero-order valence-electron chi connectivity index (χ0n) is 15.3. The molecular weight excluding hydrogens is 358 g/mol. The van der Waals surface area contributed by atoms with E-state index in [4.69, 9.17) is 0 Å². The number of nitrogens with zero attached hydrogens (tertiary/aromatic N) is 3. The van der Waals surface area contributed by atoms with Gasteiger partial charge in [-0.3, -0.25) is 4.79 Å². The molecule has 7 heteroatoms. The summed E-state index contributed by atoms with van der Waals surface area (Å²) in [6.45, 7) is 2.16. The third kappa shape index (κ3) is 3.18. The van der Waals surface area contributed by atoms with Gasteiger partial charge in [0.25, 0.3) is 0 Å². The Bertz CT molecular complexity index is 1000. The Hall–Kier alpha value is -2.15. The number of nitrogens with one attached hydrogen (secondary N) is 2. The first-order chi connectivity index (χ1) is 13.2. The number of aromatic nitrogens is 4. The highest BCUT2D eigenvalue weighted by Gasteiger charge is 2.42. The minimum atomic E-state index is 0.0515. The first-order valence-electron chi connectivity index (χ1n) is 9.70. The van der Waals surface area contributed by atoms with Crippen LogP contribution in [0.1, 0.15) is 32.6 Å². The van der Waals surface area contributed by atoms with Crippen molar-refractivity contribution in [2.24, 2.45) is 17.8 Å². The van der Waals surface area contributed by atoms with Crippen molar-refractivity contribution in [2.75, 3.05) is 5.75 Å². The normalized spacial score (nSPS) is 25.3. The summed E-state index contributed by atoms with van der Waals surface area (Å²) < 4.78 is 0. The van der Waals surface area contributed by atoms with Crippen molar-refractivity contribution in [2.45, 2.75) is 43.8 Å². The van der Waals surface area contributed by atoms with E-state index in [2.05, 4.69) is 32.4 Å². The van der Waals surface area contributed by atoms with Crippen molar-refractivity contribution < 1.29 is 4.79 Å². The van der Waals surface area contributed by atoms with Crippen molar-refractivity contribution in [3.63, 3.8) is 0 Å². The number of aromatic amines is 1. The van der Waals surface area contributed by atoms with E-state index in [0.29, 0.717) is 22.5 Å². The van der Waals surface area contributed by atoms with Crippen LogP contribution in [0.3, 0.4) is 0 Å². The van der Waals surface area contributed by atoms with Crippen LogP contribution in [0, 0.1) is 17.8 Å². The molecule has 2 aliphatic carbocycles. The Morgan fingerprint density at radius 2 is 2.19 bits per heavy atom. The molecule has 2 bridgehead atoms. The number of amides is 1. The van der Waals surface area contributed by atoms with Crippen molar-refractivity contribution in [3.05, 3.63) is 24.3 Å². The van der Waals surface area contributed by atoms with E-state index in [1.54, 1.807) is 0 Å². The quantitative estimate of drug-likeness (QED) is 0.661. The molecule has 1 amide bonds. The van der Waals surface area contributed by atoms with Crippen molar-refractivity contribution in [3.8, 4) is 0 Å². The maximum atomic E-state index is 12.4. The zero-order chi connectivity index (χ0) is 18.4. The van der Waals surface area contributed by atoms with Gasteiger partial charge in [0.05, 0.1) is 5.75 Å². The first kappa shape index (κ1) is 17.0. The van der Waals surface area contributed by atoms with Gasteiger partial charge in [-0.05, 0) is 50.0 Å². The highest BCUT2D eigenvalue weighted by molar-refractivity contribution is 7.99. The van der Waals surface area contributed by atoms with Gasteiger partial charge >= 0.3 is 0 Å². The molecule has 0 spiro atoms. The lowest BCUT2D eigenvalue weighted by atomic mass is 9.84. The van der Waals surface area contributed by atoms with Gasteiger partial charge < -0.3 is 10.3 Å². The molecule has 27 heavy (non-hydrogen) atoms. The summed E-state index contributed by atoms with van der Waals surface area (Å²) in [4.78, 5) is 20.2. The molecule has 2 aliphatic rings. The van der Waals surface area contributed by atoms with Crippen LogP contribution in [-0.2, 0) is 4.79 Å². The van der Waals surface area contributed by atoms with Crippen molar-refractivity contribution in [1.29, 1.82) is 0 Å². The summed E-state index contributed by atoms with van der Waals surface area (Å²) in [5, 5.41) is 13.2. The van der Waals surface area contributed by atoms with E-state index in [0.717, 1.165) is 28.3 Å². The molecule has 2 fully saturated rings. The molecule has 6 nitrogen and oxygen atoms in total. The van der Waals surface area contributed by atoms with E-state index in [9.17, 15) is 4.79 Å². The number of H-pyrrole nitrogens is 1. The number of hydrogen-bond donors (Lipinski definition) is 2. The maximum Gasteiger partial charge on any atom is 0.230 e. The molecule has 2 saturated carbocycles. The number of fused-ring (bicyclic) bond motifs is 5. The van der Waals surface area contributed by atoms with Gasteiger partial charge in [-0.2, -0.15) is 0 Å². The van der Waals surface area contributed by atoms with Crippen molar-refractivity contribution >= 4 is 39.7 Å². The average molecular weight is 382 g/mol. The number of rotatable bonds is 5. The Morgan fingerprint density at radius 3 is 3.00 bits per heavy atom. The lowest BCUT2D eigenvalue weighted by Gasteiger charge is -2.28. The van der Waals surface area contributed by atoms with Crippen LogP contribution in [0.4, 0.5) is 0 Å². The van der Waals surface area contributed by atoms with Gasteiger partial charge in [0.15, 0.2) is 5.65 Å². The number of thioether (sulfide) groups is 1. The van der Waals surface area contributed by atoms with Crippen LogP contribution in [0.2, 0.25) is 0 Å². The van der Waals surface area contributed by atoms with Crippen LogP contribution in [0.25, 0.3) is 22.1 Å². The predicted octanol–water partition coefficient (Wildman–Crippen LogP) is 3.54. The Kier molecular flexibility index (Phi) is 4.27. The highest BCUT2D eigenvalue weighted by atomic mass is 32.2. The standard InChI is InChI=1S/C20H23N5OS/c1-11(15-9-12-6-7-13(15)8-12)21-17(26)10-27-20-23-19-18(24-25-20)14-4-2-3-5-16(14)22-19/h2-5,11-13,15H,6-10H2,1H3,(H,21,26)(H,22,23,25). The fourth-order valence-corrected chi connectivity index (χ4v) is 5.60. The largest absolute Gasteiger partial charge is 0.353 e. The highest BCUT2D eigenvalue weighted by Crippen LogP contribution is 2.49. The molecule has 2 N–H and O–H groups in total. The molecule has 4 atom stereocenters. The molecule has 2 heterocycles. The minimum absolute atomic E-state index is 0.0515. The summed E-state index contributed by atoms with van der Waals surface area (Å²) in [6.07, 6.45) is 5.37. The molecule has 0 saturated heterocycles. The molecule has 3 aromatic rings. The lowest BCUT2D eigenvalue weighted by Crippen LogP contribution is -2.40. The Labute approximate surface area is 161 Å². The van der Waals surface area contributed by atoms with Crippen LogP contribution in [-0.4, -0.2) is 37.9 Å². The van der Waals surface area contributed by atoms with E-state index < -0.39 is 0 Å². The monoisotopic (exact) mass is 381 g/mol. The molecule has 4 unspecified atom stereocenters. The summed E-state index contributed by atoms with van der Waals surface area (Å²) in [5.41, 5.74) is 2.47. The third-order valence-corrected chi connectivity index (χ3v) is 7.10. The smallest absolute Gasteiger partial charge is 0.230 e. The van der Waals surface area contributed by atoms with Gasteiger partial charge in [0, 0.05) is 16.9 Å². The summed E-state index contributed by atoms with van der Waals surface area (Å²) in [5.74, 6) is 2.73. The second-order valence-corrected chi connectivity index (χ2v) is 8.89. The fraction of sp³-hybridized carbons (Fsp3) is 0.500. The van der Waals surface area contributed by atoms with Gasteiger partial charge in [0.2, 0.25) is 11.1 Å². The first-order valence-corrected chi connectivity index (χ1v) is 10.7. The molecule has 5 rings (SSSR count). The summed E-state index contributed by atoms with van der Waals surface area (Å²) >= 11 is 1.34. The zero-order valence-corrected chi connectivity index (χ0v) is 16.1. The number of carbonyl (C=O) groups excluding carboxylic acids is 1. The Morgan fingerprint density at radius 1 is 1.30 bits per heavy atom. The minimum Gasteiger partial charge on any atom is -0.353 e. The summed E-state index contributed by atoms with van der Waals surface area (Å²) in [6, 6.07) is 8.20. The third-order valence-electron chi connectivity index (χ3n) is 6.26. The van der Waals surface area contributed by atoms with Crippen LogP contribution in [0.15, 0.2) is 29.4 Å². The number of benzene rings is 1. The van der Waals surface area contributed by atoms with E-state index in [1.807, 2.05) is 24.3 Å². The van der Waals surface area contributed by atoms with Crippen LogP contribution in [0.5, 0.6) is 0 Å². The molecule has 0 aliphatic heterocycles. The SMILES string of the molecule is CC(NC(=O)CSc1nnc2c(n1)[nH]c1ccccc12)C1CC2CCC1C2.